The predicted molar refractivity (Wildman–Crippen MR) is 73.3 cm³/mol. The number of aliphatic carboxylic acids is 1. The third-order valence-electron chi connectivity index (χ3n) is 3.41. The second-order valence-corrected chi connectivity index (χ2v) is 4.92. The molecule has 0 saturated carbocycles. The first-order chi connectivity index (χ1) is 9.51. The van der Waals surface area contributed by atoms with E-state index in [4.69, 9.17) is 0 Å². The van der Waals surface area contributed by atoms with E-state index >= 15 is 0 Å². The molecule has 114 valence electrons. The number of hydrogen-bond donors (Lipinski definition) is 2. The van der Waals surface area contributed by atoms with E-state index in [9.17, 15) is 19.5 Å². The minimum atomic E-state index is -0.977. The molecule has 1 saturated heterocycles. The largest absolute Gasteiger partial charge is 0.480 e. The molecule has 1 aliphatic heterocycles. The summed E-state index contributed by atoms with van der Waals surface area (Å²) in [5.74, 6) is -1.23. The van der Waals surface area contributed by atoms with Crippen LogP contribution < -0.4 is 5.32 Å². The fourth-order valence-corrected chi connectivity index (χ4v) is 2.36. The molecule has 1 fully saturated rings. The Labute approximate surface area is 118 Å². The maximum absolute atomic E-state index is 12.5. The van der Waals surface area contributed by atoms with Crippen LogP contribution in [0.1, 0.15) is 32.6 Å². The second kappa shape index (κ2) is 7.72. The molecular formula is C13H23N3O4. The Morgan fingerprint density at radius 3 is 2.60 bits per heavy atom. The number of piperidine rings is 1. The van der Waals surface area contributed by atoms with Crippen molar-refractivity contribution in [3.8, 4) is 0 Å². The fraction of sp³-hybridized carbons (Fsp3) is 0.769. The van der Waals surface area contributed by atoms with Gasteiger partial charge in [-0.2, -0.15) is 0 Å². The number of carbonyl (C=O) groups is 3. The Bertz CT molecular complexity index is 373. The monoisotopic (exact) mass is 285 g/mol. The minimum Gasteiger partial charge on any atom is -0.480 e. The highest BCUT2D eigenvalue weighted by molar-refractivity contribution is 5.86. The Morgan fingerprint density at radius 2 is 2.05 bits per heavy atom. The van der Waals surface area contributed by atoms with E-state index in [0.29, 0.717) is 25.9 Å². The standard InChI is InChI=1S/C13H23N3O4/c1-3-7-15(9-11(17)14-2)13(20)16-8-5-4-6-10(16)12(18)19/h10H,3-9H2,1-2H3,(H,14,17)(H,18,19). The van der Waals surface area contributed by atoms with Gasteiger partial charge in [0.2, 0.25) is 5.91 Å². The number of nitrogens with one attached hydrogen (secondary N) is 1. The van der Waals surface area contributed by atoms with Gasteiger partial charge in [-0.15, -0.1) is 0 Å². The van der Waals surface area contributed by atoms with Gasteiger partial charge >= 0.3 is 12.0 Å². The summed E-state index contributed by atoms with van der Waals surface area (Å²) in [5.41, 5.74) is 0. The molecule has 0 spiro atoms. The van der Waals surface area contributed by atoms with Gasteiger partial charge in [-0.3, -0.25) is 4.79 Å². The summed E-state index contributed by atoms with van der Waals surface area (Å²) >= 11 is 0. The smallest absolute Gasteiger partial charge is 0.326 e. The number of urea groups is 1. The Kier molecular flexibility index (Phi) is 6.27. The van der Waals surface area contributed by atoms with Crippen molar-refractivity contribution in [2.45, 2.75) is 38.6 Å². The van der Waals surface area contributed by atoms with Crippen LogP contribution in [0.4, 0.5) is 4.79 Å². The average molecular weight is 285 g/mol. The molecule has 1 heterocycles. The highest BCUT2D eigenvalue weighted by Gasteiger charge is 2.34. The van der Waals surface area contributed by atoms with Crippen molar-refractivity contribution < 1.29 is 19.5 Å². The molecule has 1 aliphatic rings. The first-order valence-electron chi connectivity index (χ1n) is 7.00. The SMILES string of the molecule is CCCN(CC(=O)NC)C(=O)N1CCCCC1C(=O)O. The normalized spacial score (nSPS) is 18.5. The lowest BCUT2D eigenvalue weighted by Gasteiger charge is -2.36. The number of amides is 3. The van der Waals surface area contributed by atoms with Crippen LogP contribution in [0.25, 0.3) is 0 Å². The van der Waals surface area contributed by atoms with Gasteiger partial charge in [-0.05, 0) is 25.7 Å². The lowest BCUT2D eigenvalue weighted by molar-refractivity contribution is -0.143. The first-order valence-corrected chi connectivity index (χ1v) is 7.00. The van der Waals surface area contributed by atoms with E-state index in [2.05, 4.69) is 5.32 Å². The lowest BCUT2D eigenvalue weighted by atomic mass is 10.0. The molecule has 1 rings (SSSR count). The molecule has 0 aromatic carbocycles. The average Bonchev–Trinajstić information content (AvgIpc) is 2.45. The highest BCUT2D eigenvalue weighted by Crippen LogP contribution is 2.19. The van der Waals surface area contributed by atoms with Crippen molar-refractivity contribution in [3.63, 3.8) is 0 Å². The maximum Gasteiger partial charge on any atom is 0.326 e. The van der Waals surface area contributed by atoms with Crippen LogP contribution in [0.15, 0.2) is 0 Å². The molecule has 2 N–H and O–H groups in total. The molecule has 0 radical (unpaired) electrons. The molecular weight excluding hydrogens is 262 g/mol. The molecule has 7 nitrogen and oxygen atoms in total. The Morgan fingerprint density at radius 1 is 1.35 bits per heavy atom. The molecule has 0 aliphatic carbocycles. The zero-order valence-corrected chi connectivity index (χ0v) is 12.1. The topological polar surface area (TPSA) is 90.0 Å². The van der Waals surface area contributed by atoms with Crippen LogP contribution in [0, 0.1) is 0 Å². The highest BCUT2D eigenvalue weighted by atomic mass is 16.4. The van der Waals surface area contributed by atoms with Crippen LogP contribution in [0.3, 0.4) is 0 Å². The number of nitrogens with zero attached hydrogens (tertiary/aromatic N) is 2. The van der Waals surface area contributed by atoms with Crippen molar-refractivity contribution in [2.75, 3.05) is 26.7 Å². The van der Waals surface area contributed by atoms with Crippen molar-refractivity contribution >= 4 is 17.9 Å². The first kappa shape index (κ1) is 16.3. The van der Waals surface area contributed by atoms with Crippen molar-refractivity contribution in [2.24, 2.45) is 0 Å². The summed E-state index contributed by atoms with van der Waals surface area (Å²) in [6, 6.07) is -1.14. The van der Waals surface area contributed by atoms with Crippen LogP contribution in [0.2, 0.25) is 0 Å². The zero-order chi connectivity index (χ0) is 15.1. The molecule has 0 aromatic heterocycles. The summed E-state index contributed by atoms with van der Waals surface area (Å²) in [6.07, 6.45) is 2.80. The molecule has 1 unspecified atom stereocenters. The van der Waals surface area contributed by atoms with Crippen LogP contribution >= 0.6 is 0 Å². The lowest BCUT2D eigenvalue weighted by Crippen LogP contribution is -2.54. The zero-order valence-electron chi connectivity index (χ0n) is 12.1. The molecule has 0 bridgehead atoms. The predicted octanol–water partition coefficient (Wildman–Crippen LogP) is 0.504. The van der Waals surface area contributed by atoms with E-state index in [1.54, 1.807) is 0 Å². The molecule has 3 amide bonds. The van der Waals surface area contributed by atoms with Gasteiger partial charge in [-0.25, -0.2) is 9.59 Å². The van der Waals surface area contributed by atoms with Gasteiger partial charge in [0.15, 0.2) is 0 Å². The van der Waals surface area contributed by atoms with Gasteiger partial charge < -0.3 is 20.2 Å². The number of hydrogen-bond acceptors (Lipinski definition) is 3. The molecule has 7 heteroatoms. The number of carbonyl (C=O) groups excluding carboxylic acids is 2. The van der Waals surface area contributed by atoms with Crippen LogP contribution in [0.5, 0.6) is 0 Å². The van der Waals surface area contributed by atoms with E-state index < -0.39 is 12.0 Å². The fourth-order valence-electron chi connectivity index (χ4n) is 2.36. The van der Waals surface area contributed by atoms with Gasteiger partial charge in [-0.1, -0.05) is 6.92 Å². The summed E-state index contributed by atoms with van der Waals surface area (Å²) in [7, 11) is 1.51. The van der Waals surface area contributed by atoms with Gasteiger partial charge in [0.25, 0.3) is 0 Å². The van der Waals surface area contributed by atoms with E-state index in [1.165, 1.54) is 16.8 Å². The molecule has 0 aromatic rings. The second-order valence-electron chi connectivity index (χ2n) is 4.92. The summed E-state index contributed by atoms with van der Waals surface area (Å²) in [4.78, 5) is 38.0. The summed E-state index contributed by atoms with van der Waals surface area (Å²) in [5, 5.41) is 11.7. The number of carboxylic acids is 1. The quantitative estimate of drug-likeness (QED) is 0.770. The Balaban J connectivity index is 2.80. The van der Waals surface area contributed by atoms with E-state index in [0.717, 1.165) is 12.8 Å². The van der Waals surface area contributed by atoms with Crippen molar-refractivity contribution in [1.29, 1.82) is 0 Å². The van der Waals surface area contributed by atoms with Crippen LogP contribution in [-0.2, 0) is 9.59 Å². The van der Waals surface area contributed by atoms with Gasteiger partial charge in [0.1, 0.15) is 12.6 Å². The van der Waals surface area contributed by atoms with Crippen LogP contribution in [-0.4, -0.2) is 65.5 Å². The number of likely N-dealkylation sites (N-methyl/N-ethyl adjacent to an activating group) is 1. The third-order valence-corrected chi connectivity index (χ3v) is 3.41. The number of likely N-dealkylation sites (tertiary alicyclic amines) is 1. The molecule has 1 atom stereocenters. The summed E-state index contributed by atoms with van der Waals surface area (Å²) in [6.45, 7) is 2.75. The van der Waals surface area contributed by atoms with Crippen molar-refractivity contribution in [1.82, 2.24) is 15.1 Å². The number of rotatable bonds is 5. The van der Waals surface area contributed by atoms with Gasteiger partial charge in [0.05, 0.1) is 0 Å². The van der Waals surface area contributed by atoms with Crippen molar-refractivity contribution in [3.05, 3.63) is 0 Å². The third kappa shape index (κ3) is 4.11. The van der Waals surface area contributed by atoms with E-state index in [-0.39, 0.29) is 18.5 Å². The summed E-state index contributed by atoms with van der Waals surface area (Å²) < 4.78 is 0. The molecule has 20 heavy (non-hydrogen) atoms. The number of carboxylic acid groups (broad SMARTS) is 1. The minimum absolute atomic E-state index is 0.0357. The maximum atomic E-state index is 12.5. The Hall–Kier alpha value is -1.79. The van der Waals surface area contributed by atoms with E-state index in [1.807, 2.05) is 6.92 Å². The van der Waals surface area contributed by atoms with Gasteiger partial charge in [0, 0.05) is 20.1 Å².